The molecular formula is C16H15N3O3. The molecule has 2 spiro atoms. The van der Waals surface area contributed by atoms with Crippen LogP contribution in [-0.4, -0.2) is 21.0 Å². The van der Waals surface area contributed by atoms with Crippen LogP contribution in [0.25, 0.3) is 0 Å². The number of hydrogen-bond donors (Lipinski definition) is 0. The second-order valence-electron chi connectivity index (χ2n) is 7.86. The topological polar surface area (TPSA) is 58.2 Å². The number of aromatic nitrogens is 3. The molecule has 8 rings (SSSR count). The summed E-state index contributed by atoms with van der Waals surface area (Å²) < 4.78 is 10.3. The molecule has 22 heavy (non-hydrogen) atoms. The van der Waals surface area contributed by atoms with E-state index in [9.17, 15) is 9.59 Å². The molecule has 5 aliphatic carbocycles. The largest absolute Gasteiger partial charge is 0.497 e. The summed E-state index contributed by atoms with van der Waals surface area (Å²) in [5.74, 6) is 3.41. The summed E-state index contributed by atoms with van der Waals surface area (Å²) in [6.45, 7) is 0. The van der Waals surface area contributed by atoms with Crippen LogP contribution in [0.5, 0.6) is 0 Å². The first kappa shape index (κ1) is 10.7. The Hall–Kier alpha value is -1.98. The Morgan fingerprint density at radius 3 is 2.32 bits per heavy atom. The maximum absolute atomic E-state index is 12.6. The van der Waals surface area contributed by atoms with Crippen LogP contribution in [0.15, 0.2) is 33.6 Å². The summed E-state index contributed by atoms with van der Waals surface area (Å²) >= 11 is 0. The number of hydrogen-bond acceptors (Lipinski definition) is 3. The predicted molar refractivity (Wildman–Crippen MR) is 75.1 cm³/mol. The molecule has 0 N–H and O–H groups in total. The maximum Gasteiger partial charge on any atom is 0.347 e. The highest BCUT2D eigenvalue weighted by atomic mass is 16.5. The molecule has 8 unspecified atom stereocenters. The average Bonchev–Trinajstić information content (AvgIpc) is 3.31. The zero-order valence-electron chi connectivity index (χ0n) is 12.3. The first-order chi connectivity index (χ1) is 10.6. The molecule has 2 bridgehead atoms. The molecule has 7 aliphatic rings. The van der Waals surface area contributed by atoms with Gasteiger partial charge in [-0.15, -0.1) is 0 Å². The van der Waals surface area contributed by atoms with Gasteiger partial charge in [0.25, 0.3) is 0 Å². The SMILES string of the molecule is COC1=CC23C4C5C6C5C2C3(C=C1)C6n1c(=O)n(C)c(=O)n14. The number of methoxy groups -OCH3 is 1. The van der Waals surface area contributed by atoms with Gasteiger partial charge in [-0.3, -0.25) is 0 Å². The molecule has 8 atom stereocenters. The average molecular weight is 297 g/mol. The third-order valence-electron chi connectivity index (χ3n) is 7.85. The van der Waals surface area contributed by atoms with Crippen molar-refractivity contribution in [2.24, 2.45) is 41.5 Å². The van der Waals surface area contributed by atoms with Crippen LogP contribution in [0.2, 0.25) is 0 Å². The summed E-state index contributed by atoms with van der Waals surface area (Å²) in [6, 6.07) is 0.318. The lowest BCUT2D eigenvalue weighted by Crippen LogP contribution is -2.52. The predicted octanol–water partition coefficient (Wildman–Crippen LogP) is 0.0364. The summed E-state index contributed by atoms with van der Waals surface area (Å²) in [5.41, 5.74) is -0.197. The lowest BCUT2D eigenvalue weighted by molar-refractivity contribution is 0.0417. The summed E-state index contributed by atoms with van der Waals surface area (Å²) in [6.07, 6.45) is 6.63. The van der Waals surface area contributed by atoms with Crippen molar-refractivity contribution in [1.82, 2.24) is 13.9 Å². The molecule has 4 saturated carbocycles. The highest BCUT2D eigenvalue weighted by molar-refractivity contribution is 5.58. The number of rotatable bonds is 1. The summed E-state index contributed by atoms with van der Waals surface area (Å²) in [5, 5.41) is 0. The molecule has 0 amide bonds. The fourth-order valence-corrected chi connectivity index (χ4v) is 7.51. The van der Waals surface area contributed by atoms with Crippen molar-refractivity contribution in [3.63, 3.8) is 0 Å². The molecule has 1 aromatic rings. The smallest absolute Gasteiger partial charge is 0.347 e. The Labute approximate surface area is 125 Å². The van der Waals surface area contributed by atoms with Crippen molar-refractivity contribution in [2.45, 2.75) is 12.1 Å². The van der Waals surface area contributed by atoms with Gasteiger partial charge in [0.15, 0.2) is 0 Å². The fourth-order valence-electron chi connectivity index (χ4n) is 7.51. The van der Waals surface area contributed by atoms with E-state index in [2.05, 4.69) is 18.2 Å². The van der Waals surface area contributed by atoms with Crippen molar-refractivity contribution >= 4 is 0 Å². The lowest BCUT2D eigenvalue weighted by atomic mass is 9.69. The molecule has 4 fully saturated rings. The van der Waals surface area contributed by atoms with Gasteiger partial charge < -0.3 is 4.74 Å². The molecule has 0 radical (unpaired) electrons. The molecular weight excluding hydrogens is 282 g/mol. The van der Waals surface area contributed by atoms with Gasteiger partial charge in [0, 0.05) is 17.9 Å². The van der Waals surface area contributed by atoms with E-state index >= 15 is 0 Å². The number of ether oxygens (including phenoxy) is 1. The Morgan fingerprint density at radius 1 is 1.05 bits per heavy atom. The van der Waals surface area contributed by atoms with Crippen LogP contribution >= 0.6 is 0 Å². The van der Waals surface area contributed by atoms with Crippen LogP contribution in [0.4, 0.5) is 0 Å². The Balaban J connectivity index is 1.64. The zero-order chi connectivity index (χ0) is 14.8. The minimum absolute atomic E-state index is 0.0272. The van der Waals surface area contributed by atoms with Gasteiger partial charge in [0.05, 0.1) is 19.2 Å². The second-order valence-corrected chi connectivity index (χ2v) is 7.86. The molecule has 112 valence electrons. The second kappa shape index (κ2) is 2.47. The van der Waals surface area contributed by atoms with Crippen LogP contribution in [0.1, 0.15) is 12.1 Å². The van der Waals surface area contributed by atoms with Crippen LogP contribution in [-0.2, 0) is 11.8 Å². The van der Waals surface area contributed by atoms with E-state index in [0.717, 1.165) is 5.76 Å². The monoisotopic (exact) mass is 297 g/mol. The standard InChI is InChI=1S/C16H15N3O3/c1-17-13(20)18-11-8-7-9(8)12(19(18)14(17)21)16-5-6(22-2)3-4-15(11,16)10(7)16/h3-5,7-12H,1-2H3. The highest BCUT2D eigenvalue weighted by Gasteiger charge is 3.02. The highest BCUT2D eigenvalue weighted by Crippen LogP contribution is 3.03. The molecule has 3 heterocycles. The fraction of sp³-hybridized carbons (Fsp3) is 0.625. The van der Waals surface area contributed by atoms with E-state index in [1.807, 2.05) is 0 Å². The van der Waals surface area contributed by atoms with Crippen molar-refractivity contribution in [3.8, 4) is 0 Å². The molecule has 1 aromatic heterocycles. The number of allylic oxidation sites excluding steroid dienone is 3. The van der Waals surface area contributed by atoms with E-state index in [-0.39, 0.29) is 34.3 Å². The molecule has 6 heteroatoms. The van der Waals surface area contributed by atoms with E-state index in [1.165, 1.54) is 4.57 Å². The van der Waals surface area contributed by atoms with Gasteiger partial charge >= 0.3 is 11.4 Å². The number of nitrogens with zero attached hydrogens (tertiary/aromatic N) is 3. The minimum atomic E-state index is -0.151. The molecule has 0 aromatic carbocycles. The van der Waals surface area contributed by atoms with E-state index < -0.39 is 0 Å². The first-order valence-corrected chi connectivity index (χ1v) is 7.97. The van der Waals surface area contributed by atoms with Crippen molar-refractivity contribution in [3.05, 3.63) is 45.0 Å². The van der Waals surface area contributed by atoms with E-state index in [1.54, 1.807) is 23.5 Å². The van der Waals surface area contributed by atoms with Crippen LogP contribution in [0.3, 0.4) is 0 Å². The van der Waals surface area contributed by atoms with Crippen LogP contribution in [0, 0.1) is 34.5 Å². The van der Waals surface area contributed by atoms with Crippen molar-refractivity contribution < 1.29 is 4.74 Å². The quantitative estimate of drug-likeness (QED) is 0.735. The van der Waals surface area contributed by atoms with Crippen LogP contribution < -0.4 is 11.4 Å². The van der Waals surface area contributed by atoms with Gasteiger partial charge in [-0.1, -0.05) is 6.08 Å². The minimum Gasteiger partial charge on any atom is -0.497 e. The Bertz CT molecular complexity index is 993. The zero-order valence-corrected chi connectivity index (χ0v) is 12.3. The lowest BCUT2D eigenvalue weighted by Gasteiger charge is -2.47. The Morgan fingerprint density at radius 2 is 1.68 bits per heavy atom. The maximum atomic E-state index is 12.6. The van der Waals surface area contributed by atoms with Crippen molar-refractivity contribution in [2.75, 3.05) is 7.11 Å². The van der Waals surface area contributed by atoms with Gasteiger partial charge in [0.1, 0.15) is 5.76 Å². The summed E-state index contributed by atoms with van der Waals surface area (Å²) in [4.78, 5) is 25.2. The van der Waals surface area contributed by atoms with Gasteiger partial charge in [-0.25, -0.2) is 23.5 Å². The molecule has 2 aliphatic heterocycles. The first-order valence-electron chi connectivity index (χ1n) is 7.97. The van der Waals surface area contributed by atoms with E-state index in [0.29, 0.717) is 23.7 Å². The third kappa shape index (κ3) is 0.616. The Kier molecular flexibility index (Phi) is 1.20. The van der Waals surface area contributed by atoms with Gasteiger partial charge in [-0.2, -0.15) is 0 Å². The summed E-state index contributed by atoms with van der Waals surface area (Å²) in [7, 11) is 3.29. The normalized spacial score (nSPS) is 55.6. The third-order valence-corrected chi connectivity index (χ3v) is 7.85. The van der Waals surface area contributed by atoms with E-state index in [4.69, 9.17) is 4.74 Å². The molecule has 6 nitrogen and oxygen atoms in total. The van der Waals surface area contributed by atoms with Crippen molar-refractivity contribution in [1.29, 1.82) is 0 Å². The molecule has 0 saturated heterocycles. The van der Waals surface area contributed by atoms with Gasteiger partial charge in [-0.05, 0) is 35.8 Å². The van der Waals surface area contributed by atoms with Gasteiger partial charge in [0.2, 0.25) is 0 Å².